The zero-order chi connectivity index (χ0) is 18.8. The Bertz CT molecular complexity index is 951. The lowest BCUT2D eigenvalue weighted by atomic mass is 9.94. The number of piperidine rings is 1. The highest BCUT2D eigenvalue weighted by Gasteiger charge is 2.28. The summed E-state index contributed by atoms with van der Waals surface area (Å²) < 4.78 is 9.36. The van der Waals surface area contributed by atoms with E-state index in [0.717, 1.165) is 30.5 Å². The van der Waals surface area contributed by atoms with Crippen LogP contribution in [0.15, 0.2) is 28.8 Å². The van der Waals surface area contributed by atoms with E-state index in [1.54, 1.807) is 0 Å². The third kappa shape index (κ3) is 3.75. The maximum Gasteiger partial charge on any atom is 0.267 e. The fourth-order valence-electron chi connectivity index (χ4n) is 3.51. The highest BCUT2D eigenvalue weighted by atomic mass is 32.1. The van der Waals surface area contributed by atoms with Crippen LogP contribution in [-0.4, -0.2) is 43.6 Å². The standard InChI is InChI=1S/C19H21N5O2S/c1-12-6-3-4-8-15(12)18-20-16(26-22-18)10-14-7-5-9-24(11-14)19(25)17-13(2)21-23-27-17/h3-4,6,8,14H,5,7,9-11H2,1-2H3. The van der Waals surface area contributed by atoms with Gasteiger partial charge < -0.3 is 9.42 Å². The summed E-state index contributed by atoms with van der Waals surface area (Å²) in [6, 6.07) is 8.00. The number of likely N-dealkylation sites (tertiary alicyclic amines) is 1. The van der Waals surface area contributed by atoms with Crippen LogP contribution in [0.3, 0.4) is 0 Å². The number of rotatable bonds is 4. The average Bonchev–Trinajstić information content (AvgIpc) is 3.31. The summed E-state index contributed by atoms with van der Waals surface area (Å²) in [6.45, 7) is 5.32. The molecule has 1 aromatic carbocycles. The number of aryl methyl sites for hydroxylation is 2. The Hall–Kier alpha value is -2.61. The molecule has 2 aromatic heterocycles. The summed E-state index contributed by atoms with van der Waals surface area (Å²) in [7, 11) is 0. The number of amides is 1. The summed E-state index contributed by atoms with van der Waals surface area (Å²) in [5.74, 6) is 1.59. The molecule has 0 bridgehead atoms. The van der Waals surface area contributed by atoms with Crippen LogP contribution in [0, 0.1) is 19.8 Å². The van der Waals surface area contributed by atoms with Crippen molar-refractivity contribution in [1.29, 1.82) is 0 Å². The molecule has 1 amide bonds. The first-order valence-corrected chi connectivity index (χ1v) is 9.86. The molecule has 140 valence electrons. The topological polar surface area (TPSA) is 85.0 Å². The molecule has 1 fully saturated rings. The Morgan fingerprint density at radius 3 is 2.96 bits per heavy atom. The minimum atomic E-state index is 0.0262. The Morgan fingerprint density at radius 2 is 2.19 bits per heavy atom. The quantitative estimate of drug-likeness (QED) is 0.687. The third-order valence-electron chi connectivity index (χ3n) is 4.97. The minimum Gasteiger partial charge on any atom is -0.339 e. The molecule has 1 unspecified atom stereocenters. The van der Waals surface area contributed by atoms with Gasteiger partial charge in [0.05, 0.1) is 5.69 Å². The van der Waals surface area contributed by atoms with E-state index < -0.39 is 0 Å². The first kappa shape index (κ1) is 17.8. The van der Waals surface area contributed by atoms with Gasteiger partial charge in [-0.1, -0.05) is 33.9 Å². The van der Waals surface area contributed by atoms with Gasteiger partial charge in [0.15, 0.2) is 0 Å². The fourth-order valence-corrected chi connectivity index (χ4v) is 4.13. The van der Waals surface area contributed by atoms with Gasteiger partial charge >= 0.3 is 0 Å². The Balaban J connectivity index is 1.44. The lowest BCUT2D eigenvalue weighted by molar-refractivity contribution is 0.0672. The SMILES string of the molecule is Cc1ccccc1-c1noc(CC2CCCN(C(=O)c3snnc3C)C2)n1. The largest absolute Gasteiger partial charge is 0.339 e. The summed E-state index contributed by atoms with van der Waals surface area (Å²) >= 11 is 1.17. The van der Waals surface area contributed by atoms with Gasteiger partial charge in [0.25, 0.3) is 5.91 Å². The molecule has 0 spiro atoms. The molecule has 3 aromatic rings. The second-order valence-electron chi connectivity index (χ2n) is 6.98. The highest BCUT2D eigenvalue weighted by Crippen LogP contribution is 2.25. The van der Waals surface area contributed by atoms with Crippen molar-refractivity contribution in [3.63, 3.8) is 0 Å². The van der Waals surface area contributed by atoms with Crippen LogP contribution < -0.4 is 0 Å². The van der Waals surface area contributed by atoms with Crippen molar-refractivity contribution in [3.8, 4) is 11.4 Å². The second-order valence-corrected chi connectivity index (χ2v) is 7.73. The smallest absolute Gasteiger partial charge is 0.267 e. The number of aromatic nitrogens is 4. The Morgan fingerprint density at radius 1 is 1.33 bits per heavy atom. The molecule has 1 aliphatic rings. The van der Waals surface area contributed by atoms with Crippen molar-refractivity contribution in [2.75, 3.05) is 13.1 Å². The van der Waals surface area contributed by atoms with Crippen molar-refractivity contribution in [2.24, 2.45) is 5.92 Å². The van der Waals surface area contributed by atoms with Gasteiger partial charge in [-0.05, 0) is 49.7 Å². The number of benzene rings is 1. The lowest BCUT2D eigenvalue weighted by Gasteiger charge is -2.31. The molecule has 0 N–H and O–H groups in total. The van der Waals surface area contributed by atoms with Gasteiger partial charge in [0.1, 0.15) is 4.88 Å². The molecular weight excluding hydrogens is 362 g/mol. The molecule has 0 saturated carbocycles. The number of carbonyl (C=O) groups excluding carboxylic acids is 1. The molecule has 1 saturated heterocycles. The first-order chi connectivity index (χ1) is 13.1. The van der Waals surface area contributed by atoms with E-state index in [1.165, 1.54) is 11.5 Å². The highest BCUT2D eigenvalue weighted by molar-refractivity contribution is 7.07. The van der Waals surface area contributed by atoms with Crippen LogP contribution in [0.2, 0.25) is 0 Å². The van der Waals surface area contributed by atoms with Gasteiger partial charge in [0, 0.05) is 25.1 Å². The molecule has 27 heavy (non-hydrogen) atoms. The monoisotopic (exact) mass is 383 g/mol. The Kier molecular flexibility index (Phi) is 4.98. The van der Waals surface area contributed by atoms with E-state index in [0.29, 0.717) is 41.2 Å². The molecule has 8 heteroatoms. The fraction of sp³-hybridized carbons (Fsp3) is 0.421. The van der Waals surface area contributed by atoms with Gasteiger partial charge in [-0.25, -0.2) is 0 Å². The second kappa shape index (κ2) is 7.56. The predicted molar refractivity (Wildman–Crippen MR) is 101 cm³/mol. The van der Waals surface area contributed by atoms with Gasteiger partial charge in [-0.3, -0.25) is 4.79 Å². The number of hydrogen-bond acceptors (Lipinski definition) is 7. The average molecular weight is 383 g/mol. The van der Waals surface area contributed by atoms with Crippen LogP contribution in [0.5, 0.6) is 0 Å². The van der Waals surface area contributed by atoms with Crippen molar-refractivity contribution >= 4 is 17.4 Å². The molecule has 1 atom stereocenters. The molecule has 0 aliphatic carbocycles. The van der Waals surface area contributed by atoms with Crippen LogP contribution in [0.4, 0.5) is 0 Å². The third-order valence-corrected chi connectivity index (χ3v) is 5.79. The van der Waals surface area contributed by atoms with Crippen LogP contribution in [0.25, 0.3) is 11.4 Å². The molecular formula is C19H21N5O2S. The summed E-state index contributed by atoms with van der Waals surface area (Å²) in [5, 5.41) is 8.08. The van der Waals surface area contributed by atoms with E-state index in [9.17, 15) is 4.79 Å². The maximum absolute atomic E-state index is 12.7. The summed E-state index contributed by atoms with van der Waals surface area (Å²) in [5.41, 5.74) is 2.81. The summed E-state index contributed by atoms with van der Waals surface area (Å²) in [6.07, 6.45) is 2.70. The van der Waals surface area contributed by atoms with Crippen molar-refractivity contribution in [2.45, 2.75) is 33.1 Å². The molecule has 1 aliphatic heterocycles. The zero-order valence-electron chi connectivity index (χ0n) is 15.4. The van der Waals surface area contributed by atoms with E-state index >= 15 is 0 Å². The Labute approximate surface area is 161 Å². The van der Waals surface area contributed by atoms with Crippen LogP contribution in [0.1, 0.15) is 39.7 Å². The van der Waals surface area contributed by atoms with Gasteiger partial charge in [0.2, 0.25) is 11.7 Å². The molecule has 0 radical (unpaired) electrons. The number of carbonyl (C=O) groups is 1. The molecule has 3 heterocycles. The van der Waals surface area contributed by atoms with Gasteiger partial charge in [-0.15, -0.1) is 5.10 Å². The molecule has 7 nitrogen and oxygen atoms in total. The zero-order valence-corrected chi connectivity index (χ0v) is 16.2. The van der Waals surface area contributed by atoms with Crippen LogP contribution in [-0.2, 0) is 6.42 Å². The van der Waals surface area contributed by atoms with E-state index in [2.05, 4.69) is 19.7 Å². The van der Waals surface area contributed by atoms with E-state index in [-0.39, 0.29) is 5.91 Å². The normalized spacial score (nSPS) is 17.3. The van der Waals surface area contributed by atoms with E-state index in [1.807, 2.05) is 43.0 Å². The number of nitrogens with zero attached hydrogens (tertiary/aromatic N) is 5. The van der Waals surface area contributed by atoms with E-state index in [4.69, 9.17) is 4.52 Å². The molecule has 4 rings (SSSR count). The predicted octanol–water partition coefficient (Wildman–Crippen LogP) is 3.30. The van der Waals surface area contributed by atoms with Crippen molar-refractivity contribution in [1.82, 2.24) is 24.6 Å². The van der Waals surface area contributed by atoms with Crippen molar-refractivity contribution in [3.05, 3.63) is 46.3 Å². The summed E-state index contributed by atoms with van der Waals surface area (Å²) in [4.78, 5) is 19.8. The maximum atomic E-state index is 12.7. The number of hydrogen-bond donors (Lipinski definition) is 0. The lowest BCUT2D eigenvalue weighted by Crippen LogP contribution is -2.40. The first-order valence-electron chi connectivity index (χ1n) is 9.08. The van der Waals surface area contributed by atoms with Gasteiger partial charge in [-0.2, -0.15) is 4.98 Å². The minimum absolute atomic E-state index is 0.0262. The van der Waals surface area contributed by atoms with Crippen LogP contribution >= 0.6 is 11.5 Å². The van der Waals surface area contributed by atoms with Crippen molar-refractivity contribution < 1.29 is 9.32 Å².